The molecule has 0 aliphatic rings. The van der Waals surface area contributed by atoms with E-state index in [9.17, 15) is 19.8 Å². The predicted molar refractivity (Wildman–Crippen MR) is 135 cm³/mol. The van der Waals surface area contributed by atoms with Crippen molar-refractivity contribution >= 4 is 11.8 Å². The number of amides is 1. The summed E-state index contributed by atoms with van der Waals surface area (Å²) in [6.45, 7) is 14.0. The highest BCUT2D eigenvalue weighted by atomic mass is 16.7. The fourth-order valence-electron chi connectivity index (χ4n) is 3.70. The van der Waals surface area contributed by atoms with Crippen molar-refractivity contribution in [3.8, 4) is 5.75 Å². The number of nitrogens with one attached hydrogen (secondary N) is 2. The summed E-state index contributed by atoms with van der Waals surface area (Å²) in [5, 5.41) is 23.9. The number of rotatable bonds is 14. The van der Waals surface area contributed by atoms with Crippen LogP contribution in [0.5, 0.6) is 5.75 Å². The molecule has 7 nitrogen and oxygen atoms in total. The molecule has 0 fully saturated rings. The molecule has 1 aromatic rings. The van der Waals surface area contributed by atoms with E-state index in [2.05, 4.69) is 24.6 Å². The zero-order valence-electron chi connectivity index (χ0n) is 21.9. The lowest BCUT2D eigenvalue weighted by molar-refractivity contribution is -0.124. The third-order valence-electron chi connectivity index (χ3n) is 5.93. The summed E-state index contributed by atoms with van der Waals surface area (Å²) in [6.07, 6.45) is 1.70. The summed E-state index contributed by atoms with van der Waals surface area (Å²) < 4.78 is 0. The molecule has 0 unspecified atom stereocenters. The molecule has 1 aromatic carbocycles. The fourth-order valence-corrected chi connectivity index (χ4v) is 3.70. The van der Waals surface area contributed by atoms with Crippen molar-refractivity contribution in [1.82, 2.24) is 10.8 Å². The summed E-state index contributed by atoms with van der Waals surface area (Å²) in [5.74, 6) is 1.30. The molecule has 7 heteroatoms. The Balaban J connectivity index is 3.12. The number of unbranched alkanes of at least 4 members (excludes halogenated alkanes) is 1. The Morgan fingerprint density at radius 1 is 1.21 bits per heavy atom. The van der Waals surface area contributed by atoms with Gasteiger partial charge in [-0.05, 0) is 76.5 Å². The summed E-state index contributed by atoms with van der Waals surface area (Å²) in [5.41, 5.74) is 3.44. The van der Waals surface area contributed by atoms with Gasteiger partial charge in [0.05, 0.1) is 23.1 Å². The fraction of sp³-hybridized carbons (Fsp3) is 0.667. The van der Waals surface area contributed by atoms with Crippen LogP contribution in [-0.2, 0) is 20.8 Å². The van der Waals surface area contributed by atoms with Crippen molar-refractivity contribution in [3.05, 3.63) is 35.4 Å². The van der Waals surface area contributed by atoms with Crippen molar-refractivity contribution in [2.45, 2.75) is 91.9 Å². The summed E-state index contributed by atoms with van der Waals surface area (Å²) in [6, 6.07) is 6.50. The zero-order chi connectivity index (χ0) is 25.9. The van der Waals surface area contributed by atoms with Crippen LogP contribution in [0.25, 0.3) is 0 Å². The molecule has 0 bridgehead atoms. The summed E-state index contributed by atoms with van der Waals surface area (Å²) >= 11 is 0. The third-order valence-corrected chi connectivity index (χ3v) is 5.93. The van der Waals surface area contributed by atoms with Gasteiger partial charge in [-0.3, -0.25) is 9.63 Å². The molecule has 1 rings (SSSR count). The lowest BCUT2D eigenvalue weighted by Gasteiger charge is -2.33. The van der Waals surface area contributed by atoms with Crippen molar-refractivity contribution in [2.24, 2.45) is 17.8 Å². The molecule has 0 spiro atoms. The zero-order valence-corrected chi connectivity index (χ0v) is 21.9. The van der Waals surface area contributed by atoms with Crippen molar-refractivity contribution in [1.29, 1.82) is 0 Å². The Hall–Kier alpha value is -2.18. The van der Waals surface area contributed by atoms with E-state index in [1.54, 1.807) is 25.1 Å². The van der Waals surface area contributed by atoms with Gasteiger partial charge in [-0.2, -0.15) is 5.48 Å². The lowest BCUT2D eigenvalue weighted by Crippen LogP contribution is -2.48. The number of phenolic OH excluding ortho intramolecular Hbond substituents is 1. The van der Waals surface area contributed by atoms with Crippen LogP contribution in [0.15, 0.2) is 29.8 Å². The van der Waals surface area contributed by atoms with Gasteiger partial charge in [-0.1, -0.05) is 39.3 Å². The van der Waals surface area contributed by atoms with Crippen LogP contribution >= 0.6 is 0 Å². The van der Waals surface area contributed by atoms with E-state index in [-0.39, 0.29) is 29.1 Å². The Morgan fingerprint density at radius 2 is 1.88 bits per heavy atom. The first-order valence-corrected chi connectivity index (χ1v) is 12.3. The highest BCUT2D eigenvalue weighted by Gasteiger charge is 2.34. The molecule has 0 aliphatic carbocycles. The SMILES string of the molecule is CCCCNC(=O)[C@H](C)C(=C=O)[C@H](O)[C@H](C[C@H](Cc1cccc(O)c1)C(C)C)NOC(C)(C)C. The average Bonchev–Trinajstić information content (AvgIpc) is 2.75. The maximum absolute atomic E-state index is 12.6. The molecular formula is C27H44N2O5. The minimum atomic E-state index is -1.25. The number of hydrogen-bond donors (Lipinski definition) is 4. The van der Waals surface area contributed by atoms with Gasteiger partial charge in [0.25, 0.3) is 0 Å². The normalized spacial score (nSPS) is 15.3. The lowest BCUT2D eigenvalue weighted by atomic mass is 9.81. The number of carbonyl (C=O) groups excluding carboxylic acids is 2. The summed E-state index contributed by atoms with van der Waals surface area (Å²) in [7, 11) is 0. The molecule has 0 saturated carbocycles. The summed E-state index contributed by atoms with van der Waals surface area (Å²) in [4.78, 5) is 30.2. The first-order chi connectivity index (χ1) is 15.9. The minimum absolute atomic E-state index is 0.00358. The van der Waals surface area contributed by atoms with Crippen LogP contribution < -0.4 is 10.8 Å². The van der Waals surface area contributed by atoms with E-state index in [4.69, 9.17) is 4.84 Å². The van der Waals surface area contributed by atoms with Gasteiger partial charge in [-0.25, -0.2) is 4.79 Å². The van der Waals surface area contributed by atoms with E-state index in [1.807, 2.05) is 39.7 Å². The number of phenols is 1. The standard InChI is InChI=1S/C27H44N2O5/c1-8-9-13-28-26(33)19(4)23(17-30)25(32)24(29-34-27(5,6)7)16-21(18(2)3)14-20-11-10-12-22(31)15-20/h10-12,15,18-19,21,24-25,29,31-32H,8-9,13-14,16H2,1-7H3,(H,28,33)/t19-,21+,24+,25+/m1/s1. The van der Waals surface area contributed by atoms with Gasteiger partial charge in [0.1, 0.15) is 17.8 Å². The van der Waals surface area contributed by atoms with Crippen LogP contribution in [0, 0.1) is 17.8 Å². The van der Waals surface area contributed by atoms with Crippen molar-refractivity contribution in [2.75, 3.05) is 6.54 Å². The molecule has 0 radical (unpaired) electrons. The second-order valence-electron chi connectivity index (χ2n) is 10.4. The van der Waals surface area contributed by atoms with E-state index in [0.29, 0.717) is 19.4 Å². The Labute approximate surface area is 204 Å². The monoisotopic (exact) mass is 476 g/mol. The van der Waals surface area contributed by atoms with Gasteiger partial charge >= 0.3 is 0 Å². The van der Waals surface area contributed by atoms with Crippen LogP contribution in [0.1, 0.15) is 73.3 Å². The van der Waals surface area contributed by atoms with Gasteiger partial charge in [0.2, 0.25) is 5.91 Å². The molecular weight excluding hydrogens is 432 g/mol. The third kappa shape index (κ3) is 10.4. The van der Waals surface area contributed by atoms with Gasteiger partial charge in [0, 0.05) is 6.54 Å². The minimum Gasteiger partial charge on any atom is -0.508 e. The van der Waals surface area contributed by atoms with Gasteiger partial charge in [-0.15, -0.1) is 0 Å². The highest BCUT2D eigenvalue weighted by Crippen LogP contribution is 2.27. The first kappa shape index (κ1) is 29.9. The molecule has 0 aliphatic heterocycles. The quantitative estimate of drug-likeness (QED) is 0.184. The molecule has 4 atom stereocenters. The Morgan fingerprint density at radius 3 is 2.41 bits per heavy atom. The number of aliphatic hydroxyl groups excluding tert-OH is 1. The average molecular weight is 477 g/mol. The van der Waals surface area contributed by atoms with E-state index < -0.39 is 23.7 Å². The maximum Gasteiger partial charge on any atom is 0.227 e. The Kier molecular flexibility index (Phi) is 12.5. The smallest absolute Gasteiger partial charge is 0.227 e. The highest BCUT2D eigenvalue weighted by molar-refractivity contribution is 5.84. The number of aromatic hydroxyl groups is 1. The second kappa shape index (κ2) is 14.3. The van der Waals surface area contributed by atoms with E-state index >= 15 is 0 Å². The molecule has 0 aromatic heterocycles. The number of hydroxylamine groups is 1. The number of hydrogen-bond acceptors (Lipinski definition) is 6. The van der Waals surface area contributed by atoms with Crippen LogP contribution in [-0.4, -0.2) is 46.4 Å². The van der Waals surface area contributed by atoms with Crippen LogP contribution in [0.4, 0.5) is 0 Å². The second-order valence-corrected chi connectivity index (χ2v) is 10.4. The van der Waals surface area contributed by atoms with Crippen LogP contribution in [0.3, 0.4) is 0 Å². The van der Waals surface area contributed by atoms with Crippen molar-refractivity contribution in [3.63, 3.8) is 0 Å². The van der Waals surface area contributed by atoms with Crippen LogP contribution in [0.2, 0.25) is 0 Å². The number of aliphatic hydroxyl groups is 1. The molecule has 4 N–H and O–H groups in total. The molecule has 0 heterocycles. The Bertz CT molecular complexity index is 811. The van der Waals surface area contributed by atoms with Gasteiger partial charge in [0.15, 0.2) is 0 Å². The van der Waals surface area contributed by atoms with E-state index in [0.717, 1.165) is 18.4 Å². The largest absolute Gasteiger partial charge is 0.508 e. The first-order valence-electron chi connectivity index (χ1n) is 12.3. The molecule has 1 amide bonds. The molecule has 0 saturated heterocycles. The topological polar surface area (TPSA) is 108 Å². The van der Waals surface area contributed by atoms with Gasteiger partial charge < -0.3 is 15.5 Å². The maximum atomic E-state index is 12.6. The molecule has 192 valence electrons. The number of benzene rings is 1. The number of carbonyl (C=O) groups is 1. The predicted octanol–water partition coefficient (Wildman–Crippen LogP) is 3.96. The van der Waals surface area contributed by atoms with Crippen molar-refractivity contribution < 1.29 is 24.6 Å². The molecule has 34 heavy (non-hydrogen) atoms. The van der Waals surface area contributed by atoms with E-state index in [1.165, 1.54) is 0 Å².